The first-order valence-electron chi connectivity index (χ1n) is 6.92. The third-order valence-electron chi connectivity index (χ3n) is 3.49. The van der Waals surface area contributed by atoms with Crippen LogP contribution in [-0.2, 0) is 15.6 Å². The maximum Gasteiger partial charge on any atom is 0.235 e. The van der Waals surface area contributed by atoms with E-state index in [2.05, 4.69) is 4.98 Å². The lowest BCUT2D eigenvalue weighted by molar-refractivity contribution is -0.128. The summed E-state index contributed by atoms with van der Waals surface area (Å²) in [6.45, 7) is 2.64. The molecule has 112 valence electrons. The summed E-state index contributed by atoms with van der Waals surface area (Å²) in [6, 6.07) is 5.76. The van der Waals surface area contributed by atoms with Crippen LogP contribution in [0.3, 0.4) is 0 Å². The second-order valence-electron chi connectivity index (χ2n) is 5.11. The Kier molecular flexibility index (Phi) is 3.95. The predicted octanol–water partition coefficient (Wildman–Crippen LogP) is 2.00. The number of amides is 1. The maximum atomic E-state index is 12.4. The number of carbonyl (C=O) groups excluding carboxylic acids is 1. The van der Waals surface area contributed by atoms with Crippen LogP contribution in [0.25, 0.3) is 10.2 Å². The molecule has 1 amide bonds. The summed E-state index contributed by atoms with van der Waals surface area (Å²) in [5.74, 6) is -0.0308. The number of rotatable bonds is 5. The van der Waals surface area contributed by atoms with Crippen LogP contribution in [0.5, 0.6) is 0 Å². The molecule has 2 aromatic rings. The highest BCUT2D eigenvalue weighted by Crippen LogP contribution is 2.28. The average Bonchev–Trinajstić information content (AvgIpc) is 3.17. The van der Waals surface area contributed by atoms with Gasteiger partial charge in [0.1, 0.15) is 5.75 Å². The monoisotopic (exact) mass is 323 g/mol. The summed E-state index contributed by atoms with van der Waals surface area (Å²) >= 11 is 1.34. The Hall–Kier alpha value is -1.47. The number of anilines is 1. The van der Waals surface area contributed by atoms with Crippen molar-refractivity contribution in [3.8, 4) is 0 Å². The van der Waals surface area contributed by atoms with Gasteiger partial charge in [0.15, 0.2) is 4.34 Å². The predicted molar refractivity (Wildman–Crippen MR) is 85.7 cm³/mol. The minimum absolute atomic E-state index is 0.0135. The number of hydrogen-bond donors (Lipinski definition) is 1. The van der Waals surface area contributed by atoms with Gasteiger partial charge in [0.25, 0.3) is 0 Å². The topological polar surface area (TPSA) is 76.3 Å². The molecule has 1 atom stereocenters. The van der Waals surface area contributed by atoms with Crippen molar-refractivity contribution in [2.24, 2.45) is 0 Å². The fourth-order valence-corrected chi connectivity index (χ4v) is 4.58. The lowest BCUT2D eigenvalue weighted by Crippen LogP contribution is -2.36. The zero-order valence-corrected chi connectivity index (χ0v) is 13.4. The SMILES string of the molecule is CCN(C(=O)CS(=O)c1nc2ccc(N)cc2s1)C1CC1. The molecule has 5 nitrogen and oxygen atoms in total. The fraction of sp³-hybridized carbons (Fsp3) is 0.429. The Balaban J connectivity index is 1.75. The summed E-state index contributed by atoms with van der Waals surface area (Å²) in [7, 11) is -1.39. The van der Waals surface area contributed by atoms with Gasteiger partial charge in [0.05, 0.1) is 21.0 Å². The van der Waals surface area contributed by atoms with Gasteiger partial charge in [-0.3, -0.25) is 9.00 Å². The van der Waals surface area contributed by atoms with E-state index >= 15 is 0 Å². The third kappa shape index (κ3) is 3.08. The molecule has 1 aromatic heterocycles. The Morgan fingerprint density at radius 3 is 2.95 bits per heavy atom. The quantitative estimate of drug-likeness (QED) is 0.854. The van der Waals surface area contributed by atoms with Gasteiger partial charge in [-0.2, -0.15) is 0 Å². The lowest BCUT2D eigenvalue weighted by Gasteiger charge is -2.19. The van der Waals surface area contributed by atoms with Gasteiger partial charge in [-0.1, -0.05) is 0 Å². The number of hydrogen-bond acceptors (Lipinski definition) is 5. The van der Waals surface area contributed by atoms with E-state index in [0.717, 1.165) is 23.1 Å². The average molecular weight is 323 g/mol. The summed E-state index contributed by atoms with van der Waals surface area (Å²) in [5.41, 5.74) is 7.17. The van der Waals surface area contributed by atoms with Crippen molar-refractivity contribution >= 4 is 43.9 Å². The Labute approximate surface area is 129 Å². The number of benzene rings is 1. The lowest BCUT2D eigenvalue weighted by atomic mass is 10.3. The number of carbonyl (C=O) groups is 1. The van der Waals surface area contributed by atoms with Gasteiger partial charge in [0, 0.05) is 18.3 Å². The second-order valence-corrected chi connectivity index (χ2v) is 7.76. The highest BCUT2D eigenvalue weighted by Gasteiger charge is 2.32. The highest BCUT2D eigenvalue weighted by molar-refractivity contribution is 7.88. The Bertz CT molecular complexity index is 709. The van der Waals surface area contributed by atoms with Gasteiger partial charge in [-0.15, -0.1) is 11.3 Å². The van der Waals surface area contributed by atoms with Gasteiger partial charge in [-0.05, 0) is 38.0 Å². The molecule has 0 saturated heterocycles. The van der Waals surface area contributed by atoms with Crippen LogP contribution in [0.15, 0.2) is 22.5 Å². The van der Waals surface area contributed by atoms with Crippen molar-refractivity contribution < 1.29 is 9.00 Å². The van der Waals surface area contributed by atoms with Crippen molar-refractivity contribution in [1.29, 1.82) is 0 Å². The van der Waals surface area contributed by atoms with Gasteiger partial charge in [-0.25, -0.2) is 4.98 Å². The fourth-order valence-electron chi connectivity index (χ4n) is 2.30. The maximum absolute atomic E-state index is 12.4. The van der Waals surface area contributed by atoms with Gasteiger partial charge < -0.3 is 10.6 Å². The Morgan fingerprint density at radius 1 is 1.52 bits per heavy atom. The van der Waals surface area contributed by atoms with E-state index < -0.39 is 10.8 Å². The van der Waals surface area contributed by atoms with E-state index in [9.17, 15) is 9.00 Å². The van der Waals surface area contributed by atoms with Crippen molar-refractivity contribution in [3.63, 3.8) is 0 Å². The van der Waals surface area contributed by atoms with Crippen LogP contribution in [0.4, 0.5) is 5.69 Å². The van der Waals surface area contributed by atoms with E-state index in [4.69, 9.17) is 5.73 Å². The second kappa shape index (κ2) is 5.73. The molecule has 1 aliphatic carbocycles. The van der Waals surface area contributed by atoms with Crippen molar-refractivity contribution in [2.45, 2.75) is 30.1 Å². The molecule has 0 spiro atoms. The number of nitrogens with zero attached hydrogens (tertiary/aromatic N) is 2. The summed E-state index contributed by atoms with van der Waals surface area (Å²) < 4.78 is 13.8. The molecule has 7 heteroatoms. The summed E-state index contributed by atoms with van der Waals surface area (Å²) in [5, 5.41) is 0. The van der Waals surface area contributed by atoms with Crippen LogP contribution in [0.1, 0.15) is 19.8 Å². The van der Waals surface area contributed by atoms with Crippen LogP contribution >= 0.6 is 11.3 Å². The molecule has 0 radical (unpaired) electrons. The van der Waals surface area contributed by atoms with Crippen molar-refractivity contribution in [1.82, 2.24) is 9.88 Å². The molecule has 0 bridgehead atoms. The van der Waals surface area contributed by atoms with E-state index in [1.54, 1.807) is 6.07 Å². The van der Waals surface area contributed by atoms with E-state index in [1.165, 1.54) is 11.3 Å². The van der Waals surface area contributed by atoms with Gasteiger partial charge in [0.2, 0.25) is 5.91 Å². The normalized spacial score (nSPS) is 16.0. The zero-order valence-electron chi connectivity index (χ0n) is 11.7. The summed E-state index contributed by atoms with van der Waals surface area (Å²) in [4.78, 5) is 18.4. The number of nitrogen functional groups attached to an aromatic ring is 1. The van der Waals surface area contributed by atoms with E-state index in [0.29, 0.717) is 22.6 Å². The van der Waals surface area contributed by atoms with Crippen molar-refractivity contribution in [3.05, 3.63) is 18.2 Å². The molecular formula is C14H17N3O2S2. The molecular weight excluding hydrogens is 306 g/mol. The molecule has 1 aromatic carbocycles. The number of nitrogens with two attached hydrogens (primary N) is 1. The molecule has 1 unspecified atom stereocenters. The highest BCUT2D eigenvalue weighted by atomic mass is 32.2. The first-order valence-corrected chi connectivity index (χ1v) is 9.06. The molecule has 3 rings (SSSR count). The smallest absolute Gasteiger partial charge is 0.235 e. The minimum atomic E-state index is -1.39. The molecule has 2 N–H and O–H groups in total. The Morgan fingerprint density at radius 2 is 2.29 bits per heavy atom. The largest absolute Gasteiger partial charge is 0.399 e. The van der Waals surface area contributed by atoms with Crippen molar-refractivity contribution in [2.75, 3.05) is 18.0 Å². The standard InChI is InChI=1S/C14H17N3O2S2/c1-2-17(10-4-5-10)13(18)8-21(19)14-16-11-6-3-9(15)7-12(11)20-14/h3,6-7,10H,2,4-5,8,15H2,1H3. The number of thiazole rings is 1. The molecule has 0 aliphatic heterocycles. The van der Waals surface area contributed by atoms with Crippen LogP contribution in [-0.4, -0.2) is 38.3 Å². The molecule has 1 fully saturated rings. The first kappa shape index (κ1) is 14.5. The molecule has 21 heavy (non-hydrogen) atoms. The van der Waals surface area contributed by atoms with Crippen LogP contribution < -0.4 is 5.73 Å². The molecule has 1 saturated carbocycles. The molecule has 1 heterocycles. The first-order chi connectivity index (χ1) is 10.1. The van der Waals surface area contributed by atoms with E-state index in [-0.39, 0.29) is 11.7 Å². The van der Waals surface area contributed by atoms with Crippen LogP contribution in [0.2, 0.25) is 0 Å². The van der Waals surface area contributed by atoms with Crippen LogP contribution in [0, 0.1) is 0 Å². The third-order valence-corrected chi connectivity index (χ3v) is 6.10. The summed E-state index contributed by atoms with van der Waals surface area (Å²) in [6.07, 6.45) is 2.12. The zero-order chi connectivity index (χ0) is 15.0. The van der Waals surface area contributed by atoms with Gasteiger partial charge >= 0.3 is 0 Å². The number of fused-ring (bicyclic) bond motifs is 1. The minimum Gasteiger partial charge on any atom is -0.399 e. The molecule has 1 aliphatic rings. The van der Waals surface area contributed by atoms with E-state index in [1.807, 2.05) is 24.0 Å². The number of aromatic nitrogens is 1.